The Hall–Kier alpha value is -2.41. The molecule has 6 nitrogen and oxygen atoms in total. The molecule has 1 unspecified atom stereocenters. The minimum atomic E-state index is -0.682. The molecule has 26 heavy (non-hydrogen) atoms. The minimum absolute atomic E-state index is 0.00178. The summed E-state index contributed by atoms with van der Waals surface area (Å²) in [4.78, 5) is 27.8. The average Bonchev–Trinajstić information content (AvgIpc) is 3.01. The summed E-state index contributed by atoms with van der Waals surface area (Å²) in [5.74, 6) is -0.0284. The van der Waals surface area contributed by atoms with Crippen LogP contribution in [0, 0.1) is 0 Å². The van der Waals surface area contributed by atoms with Crippen LogP contribution < -0.4 is 10.1 Å². The molecule has 2 aromatic rings. The van der Waals surface area contributed by atoms with Crippen molar-refractivity contribution in [3.8, 4) is 5.75 Å². The molecule has 7 heteroatoms. The summed E-state index contributed by atoms with van der Waals surface area (Å²) in [6, 6.07) is 7.73. The van der Waals surface area contributed by atoms with Crippen molar-refractivity contribution >= 4 is 28.3 Å². The first kappa shape index (κ1) is 19.9. The van der Waals surface area contributed by atoms with E-state index in [1.165, 1.54) is 18.4 Å². The molecule has 1 N–H and O–H groups in total. The molecule has 0 bridgehead atoms. The van der Waals surface area contributed by atoms with E-state index in [2.05, 4.69) is 35.8 Å². The second-order valence-electron chi connectivity index (χ2n) is 6.92. The minimum Gasteiger partial charge on any atom is -0.481 e. The quantitative estimate of drug-likeness (QED) is 0.780. The van der Waals surface area contributed by atoms with Crippen LogP contribution in [-0.4, -0.2) is 30.1 Å². The summed E-state index contributed by atoms with van der Waals surface area (Å²) in [7, 11) is 1.32. The summed E-state index contributed by atoms with van der Waals surface area (Å²) in [5, 5.41) is 4.85. The van der Waals surface area contributed by atoms with Gasteiger partial charge in [0.05, 0.1) is 19.2 Å². The van der Waals surface area contributed by atoms with E-state index in [9.17, 15) is 9.59 Å². The molecule has 0 radical (unpaired) electrons. The molecule has 1 aromatic carbocycles. The van der Waals surface area contributed by atoms with Crippen molar-refractivity contribution in [1.29, 1.82) is 0 Å². The van der Waals surface area contributed by atoms with Crippen LogP contribution in [-0.2, 0) is 26.2 Å². The Morgan fingerprint density at radius 1 is 1.31 bits per heavy atom. The highest BCUT2D eigenvalue weighted by Crippen LogP contribution is 2.26. The molecule has 0 saturated carbocycles. The van der Waals surface area contributed by atoms with Crippen LogP contribution in [0.5, 0.6) is 5.75 Å². The number of thiazole rings is 1. The summed E-state index contributed by atoms with van der Waals surface area (Å²) in [6.07, 6.45) is -0.604. The lowest BCUT2D eigenvalue weighted by atomic mass is 9.87. The summed E-state index contributed by atoms with van der Waals surface area (Å²) >= 11 is 1.25. The van der Waals surface area contributed by atoms with Gasteiger partial charge in [0, 0.05) is 5.38 Å². The standard InChI is InChI=1S/C19H24N2O4S/c1-12(25-15-8-6-7-13(9-15)19(2,3)4)17(23)21-18-20-14(11-26-18)10-16(22)24-5/h6-9,11-12H,10H2,1-5H3,(H,20,21,23). The highest BCUT2D eigenvalue weighted by molar-refractivity contribution is 7.13. The van der Waals surface area contributed by atoms with Crippen molar-refractivity contribution in [1.82, 2.24) is 4.98 Å². The third-order valence-corrected chi connectivity index (χ3v) is 4.52. The third kappa shape index (κ3) is 5.56. The number of rotatable bonds is 6. The Kier molecular flexibility index (Phi) is 6.37. The summed E-state index contributed by atoms with van der Waals surface area (Å²) in [6.45, 7) is 8.05. The van der Waals surface area contributed by atoms with Crippen LogP contribution in [0.15, 0.2) is 29.6 Å². The molecule has 1 heterocycles. The van der Waals surface area contributed by atoms with Gasteiger partial charge in [0.2, 0.25) is 0 Å². The Labute approximate surface area is 157 Å². The molecular weight excluding hydrogens is 352 g/mol. The van der Waals surface area contributed by atoms with Crippen LogP contribution in [0.3, 0.4) is 0 Å². The van der Waals surface area contributed by atoms with E-state index in [1.54, 1.807) is 12.3 Å². The Morgan fingerprint density at radius 2 is 2.04 bits per heavy atom. The highest BCUT2D eigenvalue weighted by atomic mass is 32.1. The molecule has 0 fully saturated rings. The van der Waals surface area contributed by atoms with Crippen molar-refractivity contribution in [3.63, 3.8) is 0 Å². The third-order valence-electron chi connectivity index (χ3n) is 3.72. The Morgan fingerprint density at radius 3 is 2.69 bits per heavy atom. The zero-order valence-electron chi connectivity index (χ0n) is 15.7. The molecule has 0 aliphatic rings. The van der Waals surface area contributed by atoms with E-state index in [4.69, 9.17) is 4.74 Å². The maximum absolute atomic E-state index is 12.3. The molecule has 0 spiro atoms. The number of hydrogen-bond acceptors (Lipinski definition) is 6. The van der Waals surface area contributed by atoms with Gasteiger partial charge in [0.1, 0.15) is 5.75 Å². The maximum atomic E-state index is 12.3. The lowest BCUT2D eigenvalue weighted by Gasteiger charge is -2.21. The fourth-order valence-electron chi connectivity index (χ4n) is 2.17. The zero-order valence-corrected chi connectivity index (χ0v) is 16.5. The molecular formula is C19H24N2O4S. The predicted molar refractivity (Wildman–Crippen MR) is 102 cm³/mol. The number of methoxy groups -OCH3 is 1. The van der Waals surface area contributed by atoms with Gasteiger partial charge in [-0.3, -0.25) is 14.9 Å². The van der Waals surface area contributed by atoms with E-state index in [0.29, 0.717) is 16.6 Å². The summed E-state index contributed by atoms with van der Waals surface area (Å²) in [5.41, 5.74) is 1.69. The van der Waals surface area contributed by atoms with Gasteiger partial charge in [-0.25, -0.2) is 4.98 Å². The van der Waals surface area contributed by atoms with E-state index in [1.807, 2.05) is 24.3 Å². The van der Waals surface area contributed by atoms with Gasteiger partial charge in [-0.15, -0.1) is 11.3 Å². The first-order valence-electron chi connectivity index (χ1n) is 8.28. The zero-order chi connectivity index (χ0) is 19.3. The maximum Gasteiger partial charge on any atom is 0.311 e. The van der Waals surface area contributed by atoms with E-state index in [-0.39, 0.29) is 23.7 Å². The first-order chi connectivity index (χ1) is 12.2. The van der Waals surface area contributed by atoms with Gasteiger partial charge in [-0.2, -0.15) is 0 Å². The van der Waals surface area contributed by atoms with Gasteiger partial charge in [-0.05, 0) is 30.0 Å². The van der Waals surface area contributed by atoms with Gasteiger partial charge >= 0.3 is 5.97 Å². The first-order valence-corrected chi connectivity index (χ1v) is 9.16. The molecule has 1 atom stereocenters. The van der Waals surface area contributed by atoms with E-state index >= 15 is 0 Å². The molecule has 1 aromatic heterocycles. The van der Waals surface area contributed by atoms with Crippen LogP contribution in [0.1, 0.15) is 39.0 Å². The average molecular weight is 376 g/mol. The molecule has 1 amide bonds. The van der Waals surface area contributed by atoms with Gasteiger partial charge in [0.15, 0.2) is 11.2 Å². The number of nitrogens with zero attached hydrogens (tertiary/aromatic N) is 1. The lowest BCUT2D eigenvalue weighted by molar-refractivity contribution is -0.139. The van der Waals surface area contributed by atoms with Crippen LogP contribution >= 0.6 is 11.3 Å². The Bertz CT molecular complexity index is 780. The van der Waals surface area contributed by atoms with Crippen molar-refractivity contribution in [2.45, 2.75) is 45.6 Å². The number of hydrogen-bond donors (Lipinski definition) is 1. The van der Waals surface area contributed by atoms with Gasteiger partial charge in [0.25, 0.3) is 5.91 Å². The lowest BCUT2D eigenvalue weighted by Crippen LogP contribution is -2.30. The number of ether oxygens (including phenoxy) is 2. The number of esters is 1. The fraction of sp³-hybridized carbons (Fsp3) is 0.421. The summed E-state index contributed by atoms with van der Waals surface area (Å²) < 4.78 is 10.4. The normalized spacial score (nSPS) is 12.3. The number of benzene rings is 1. The molecule has 0 aliphatic heterocycles. The monoisotopic (exact) mass is 376 g/mol. The van der Waals surface area contributed by atoms with Crippen molar-refractivity contribution < 1.29 is 19.1 Å². The topological polar surface area (TPSA) is 77.5 Å². The molecule has 140 valence electrons. The number of carbonyl (C=O) groups is 2. The predicted octanol–water partition coefficient (Wildman–Crippen LogP) is 3.56. The molecule has 0 saturated heterocycles. The van der Waals surface area contributed by atoms with Crippen LogP contribution in [0.25, 0.3) is 0 Å². The van der Waals surface area contributed by atoms with Gasteiger partial charge < -0.3 is 9.47 Å². The second kappa shape index (κ2) is 8.31. The van der Waals surface area contributed by atoms with Crippen molar-refractivity contribution in [2.75, 3.05) is 12.4 Å². The number of anilines is 1. The van der Waals surface area contributed by atoms with Crippen molar-refractivity contribution in [3.05, 3.63) is 40.9 Å². The molecule has 0 aliphatic carbocycles. The van der Waals surface area contributed by atoms with Gasteiger partial charge in [-0.1, -0.05) is 32.9 Å². The Balaban J connectivity index is 1.97. The van der Waals surface area contributed by atoms with E-state index < -0.39 is 6.10 Å². The van der Waals surface area contributed by atoms with Crippen LogP contribution in [0.2, 0.25) is 0 Å². The fourth-order valence-corrected chi connectivity index (χ4v) is 2.88. The second-order valence-corrected chi connectivity index (χ2v) is 7.78. The largest absolute Gasteiger partial charge is 0.481 e. The molecule has 2 rings (SSSR count). The highest BCUT2D eigenvalue weighted by Gasteiger charge is 2.19. The number of nitrogens with one attached hydrogen (secondary N) is 1. The van der Waals surface area contributed by atoms with Crippen LogP contribution in [0.4, 0.5) is 5.13 Å². The number of carbonyl (C=O) groups excluding carboxylic acids is 2. The number of amides is 1. The SMILES string of the molecule is COC(=O)Cc1csc(NC(=O)C(C)Oc2cccc(C(C)(C)C)c2)n1. The number of aromatic nitrogens is 1. The van der Waals surface area contributed by atoms with Crippen molar-refractivity contribution in [2.24, 2.45) is 0 Å². The smallest absolute Gasteiger partial charge is 0.311 e. The van der Waals surface area contributed by atoms with E-state index in [0.717, 1.165) is 5.56 Å².